The molecule has 0 spiro atoms. The Labute approximate surface area is 215 Å². The summed E-state index contributed by atoms with van der Waals surface area (Å²) in [5, 5.41) is 20.1. The number of fused-ring (bicyclic) bond motifs is 1. The largest absolute Gasteiger partial charge is 0.508 e. The minimum atomic E-state index is -0.979. The molecule has 3 aromatic rings. The predicted molar refractivity (Wildman–Crippen MR) is 139 cm³/mol. The Morgan fingerprint density at radius 1 is 1.05 bits per heavy atom. The van der Waals surface area contributed by atoms with E-state index in [0.717, 1.165) is 37.2 Å². The maximum atomic E-state index is 15.6. The summed E-state index contributed by atoms with van der Waals surface area (Å²) in [5.74, 6) is -0.304. The molecule has 2 aliphatic rings. The van der Waals surface area contributed by atoms with Crippen molar-refractivity contribution in [3.05, 3.63) is 82.9 Å². The molecular formula is C30H31F2NO4. The Kier molecular flexibility index (Phi) is 6.82. The van der Waals surface area contributed by atoms with E-state index in [2.05, 4.69) is 11.8 Å². The molecule has 0 radical (unpaired) electrons. The zero-order chi connectivity index (χ0) is 26.3. The summed E-state index contributed by atoms with van der Waals surface area (Å²) in [4.78, 5) is 2.30. The number of hydrogen-bond donors (Lipinski definition) is 2. The van der Waals surface area contributed by atoms with Crippen molar-refractivity contribution in [1.82, 2.24) is 4.90 Å². The Morgan fingerprint density at radius 3 is 2.57 bits per heavy atom. The van der Waals surface area contributed by atoms with Gasteiger partial charge in [-0.25, -0.2) is 8.78 Å². The van der Waals surface area contributed by atoms with Crippen LogP contribution in [0.3, 0.4) is 0 Å². The molecule has 37 heavy (non-hydrogen) atoms. The highest BCUT2D eigenvalue weighted by Gasteiger charge is 2.33. The SMILES string of the molecule is CC1=C(c2cccc(O)c2)C(c2cc(F)c(OC[C@H](C)N3CC[C@@H](C)C3)cc2F)Oc2ccc(O)cc21. The first-order chi connectivity index (χ1) is 17.7. The van der Waals surface area contributed by atoms with E-state index in [-0.39, 0.29) is 35.5 Å². The van der Waals surface area contributed by atoms with Gasteiger partial charge in [0.1, 0.15) is 29.7 Å². The first kappa shape index (κ1) is 25.1. The summed E-state index contributed by atoms with van der Waals surface area (Å²) in [6.45, 7) is 8.27. The van der Waals surface area contributed by atoms with Crippen molar-refractivity contribution in [2.45, 2.75) is 39.3 Å². The number of aromatic hydroxyl groups is 2. The highest BCUT2D eigenvalue weighted by atomic mass is 19.1. The fourth-order valence-electron chi connectivity index (χ4n) is 5.24. The van der Waals surface area contributed by atoms with Crippen LogP contribution in [0.5, 0.6) is 23.0 Å². The van der Waals surface area contributed by atoms with Gasteiger partial charge in [0.2, 0.25) is 0 Å². The predicted octanol–water partition coefficient (Wildman–Crippen LogP) is 6.55. The summed E-state index contributed by atoms with van der Waals surface area (Å²) in [6.07, 6.45) is 0.146. The molecule has 194 valence electrons. The third-order valence-corrected chi connectivity index (χ3v) is 7.33. The van der Waals surface area contributed by atoms with Gasteiger partial charge in [0, 0.05) is 35.4 Å². The van der Waals surface area contributed by atoms with Gasteiger partial charge in [-0.3, -0.25) is 4.90 Å². The molecule has 1 saturated heterocycles. The molecule has 1 unspecified atom stereocenters. The number of benzene rings is 3. The van der Waals surface area contributed by atoms with Crippen molar-refractivity contribution >= 4 is 11.1 Å². The molecule has 7 heteroatoms. The summed E-state index contributed by atoms with van der Waals surface area (Å²) in [7, 11) is 0. The lowest BCUT2D eigenvalue weighted by atomic mass is 9.86. The van der Waals surface area contributed by atoms with E-state index in [4.69, 9.17) is 9.47 Å². The molecule has 5 rings (SSSR count). The van der Waals surface area contributed by atoms with E-state index in [1.54, 1.807) is 30.3 Å². The lowest BCUT2D eigenvalue weighted by molar-refractivity contribution is 0.164. The monoisotopic (exact) mass is 507 g/mol. The second-order valence-electron chi connectivity index (χ2n) is 10.1. The highest BCUT2D eigenvalue weighted by Crippen LogP contribution is 2.48. The third kappa shape index (κ3) is 5.01. The van der Waals surface area contributed by atoms with Crippen LogP contribution >= 0.6 is 0 Å². The van der Waals surface area contributed by atoms with E-state index in [0.29, 0.717) is 28.4 Å². The van der Waals surface area contributed by atoms with Crippen LogP contribution < -0.4 is 9.47 Å². The number of likely N-dealkylation sites (tertiary alicyclic amines) is 1. The maximum absolute atomic E-state index is 15.6. The van der Waals surface area contributed by atoms with Crippen LogP contribution in [0.15, 0.2) is 54.6 Å². The quantitative estimate of drug-likeness (QED) is 0.396. The zero-order valence-corrected chi connectivity index (χ0v) is 21.2. The Bertz CT molecular complexity index is 1360. The van der Waals surface area contributed by atoms with Crippen molar-refractivity contribution in [2.24, 2.45) is 5.92 Å². The van der Waals surface area contributed by atoms with Gasteiger partial charge in [0.15, 0.2) is 17.7 Å². The number of nitrogens with zero attached hydrogens (tertiary/aromatic N) is 1. The van der Waals surface area contributed by atoms with Gasteiger partial charge in [0.25, 0.3) is 0 Å². The molecule has 2 aliphatic heterocycles. The molecule has 0 amide bonds. The van der Waals surface area contributed by atoms with Crippen LogP contribution in [0.4, 0.5) is 8.78 Å². The smallest absolute Gasteiger partial charge is 0.165 e. The van der Waals surface area contributed by atoms with Crippen molar-refractivity contribution in [2.75, 3.05) is 19.7 Å². The standard InChI is InChI=1S/C30H31F2NO4/c1-17-9-10-33(15-17)18(2)16-36-28-14-25(31)24(13-26(28)32)30-29(20-5-4-6-21(34)11-20)19(3)23-12-22(35)7-8-27(23)37-30/h4-8,11-14,17-18,30,34-35H,9-10,15-16H2,1-3H3/t17-,18+,30?/m1/s1. The first-order valence-corrected chi connectivity index (χ1v) is 12.6. The molecule has 2 N–H and O–H groups in total. The number of halogens is 2. The van der Waals surface area contributed by atoms with Crippen LogP contribution in [-0.2, 0) is 0 Å². The second kappa shape index (κ2) is 10.1. The molecule has 5 nitrogen and oxygen atoms in total. The molecule has 0 bridgehead atoms. The molecule has 3 atom stereocenters. The van der Waals surface area contributed by atoms with Crippen LogP contribution in [0.1, 0.15) is 50.0 Å². The summed E-state index contributed by atoms with van der Waals surface area (Å²) >= 11 is 0. The number of phenols is 2. The van der Waals surface area contributed by atoms with Crippen molar-refractivity contribution in [3.63, 3.8) is 0 Å². The Hall–Kier alpha value is -3.58. The van der Waals surface area contributed by atoms with Crippen molar-refractivity contribution in [3.8, 4) is 23.0 Å². The summed E-state index contributed by atoms with van der Waals surface area (Å²) < 4.78 is 42.8. The number of rotatable bonds is 6. The normalized spacial score (nSPS) is 20.5. The van der Waals surface area contributed by atoms with Gasteiger partial charge in [-0.1, -0.05) is 19.1 Å². The van der Waals surface area contributed by atoms with Crippen LogP contribution in [0, 0.1) is 17.6 Å². The number of hydrogen-bond acceptors (Lipinski definition) is 5. The molecule has 0 saturated carbocycles. The van der Waals surface area contributed by atoms with Gasteiger partial charge in [-0.15, -0.1) is 0 Å². The molecular weight excluding hydrogens is 476 g/mol. The van der Waals surface area contributed by atoms with Gasteiger partial charge in [-0.05, 0) is 80.3 Å². The highest BCUT2D eigenvalue weighted by molar-refractivity contribution is 5.95. The minimum Gasteiger partial charge on any atom is -0.508 e. The van der Waals surface area contributed by atoms with E-state index in [1.165, 1.54) is 12.1 Å². The number of allylic oxidation sites excluding steroid dienone is 1. The number of ether oxygens (including phenoxy) is 2. The molecule has 0 aliphatic carbocycles. The molecule has 0 aromatic heterocycles. The summed E-state index contributed by atoms with van der Waals surface area (Å²) in [5.41, 5.74) is 2.55. The van der Waals surface area contributed by atoms with Crippen LogP contribution in [0.2, 0.25) is 0 Å². The van der Waals surface area contributed by atoms with Gasteiger partial charge < -0.3 is 19.7 Å². The average Bonchev–Trinajstić information content (AvgIpc) is 3.30. The summed E-state index contributed by atoms with van der Waals surface area (Å²) in [6, 6.07) is 13.5. The zero-order valence-electron chi connectivity index (χ0n) is 21.2. The van der Waals surface area contributed by atoms with E-state index in [1.807, 2.05) is 13.8 Å². The number of phenolic OH excluding ortho intramolecular Hbond substituents is 2. The first-order valence-electron chi connectivity index (χ1n) is 12.6. The second-order valence-corrected chi connectivity index (χ2v) is 10.1. The Balaban J connectivity index is 1.49. The van der Waals surface area contributed by atoms with E-state index < -0.39 is 17.7 Å². The maximum Gasteiger partial charge on any atom is 0.165 e. The Morgan fingerprint density at radius 2 is 1.84 bits per heavy atom. The third-order valence-electron chi connectivity index (χ3n) is 7.33. The molecule has 1 fully saturated rings. The van der Waals surface area contributed by atoms with Gasteiger partial charge >= 0.3 is 0 Å². The lowest BCUT2D eigenvalue weighted by Gasteiger charge is -2.31. The fraction of sp³-hybridized carbons (Fsp3) is 0.333. The molecule has 3 aromatic carbocycles. The topological polar surface area (TPSA) is 62.2 Å². The average molecular weight is 508 g/mol. The minimum absolute atomic E-state index is 0.0164. The van der Waals surface area contributed by atoms with E-state index in [9.17, 15) is 10.2 Å². The lowest BCUT2D eigenvalue weighted by Crippen LogP contribution is -2.35. The van der Waals surface area contributed by atoms with Gasteiger partial charge in [0.05, 0.1) is 0 Å². The van der Waals surface area contributed by atoms with Crippen molar-refractivity contribution in [1.29, 1.82) is 0 Å². The molecule has 2 heterocycles. The van der Waals surface area contributed by atoms with E-state index >= 15 is 8.78 Å². The van der Waals surface area contributed by atoms with Gasteiger partial charge in [-0.2, -0.15) is 0 Å². The van der Waals surface area contributed by atoms with Crippen molar-refractivity contribution < 1.29 is 28.5 Å². The fourth-order valence-corrected chi connectivity index (χ4v) is 5.24. The van der Waals surface area contributed by atoms with Crippen LogP contribution in [-0.4, -0.2) is 40.9 Å². The van der Waals surface area contributed by atoms with Crippen LogP contribution in [0.25, 0.3) is 11.1 Å².